The molecule has 0 unspecified atom stereocenters. The van der Waals surface area contributed by atoms with Crippen LogP contribution in [0.25, 0.3) is 0 Å². The maximum atomic E-state index is 5.45. The van der Waals surface area contributed by atoms with Crippen LogP contribution in [0.5, 0.6) is 5.88 Å². The Morgan fingerprint density at radius 1 is 1.40 bits per heavy atom. The summed E-state index contributed by atoms with van der Waals surface area (Å²) >= 11 is 1.23. The van der Waals surface area contributed by atoms with Crippen molar-refractivity contribution in [3.8, 4) is 5.88 Å². The quantitative estimate of drug-likeness (QED) is 0.793. The van der Waals surface area contributed by atoms with Crippen molar-refractivity contribution >= 4 is 17.5 Å². The Bertz CT molecular complexity index is 307. The van der Waals surface area contributed by atoms with Crippen LogP contribution >= 0.6 is 11.7 Å². The average molecular weight is 227 g/mol. The molecular weight excluding hydrogens is 210 g/mol. The Balaban J connectivity index is 2.05. The minimum Gasteiger partial charge on any atom is -0.475 e. The summed E-state index contributed by atoms with van der Waals surface area (Å²) in [6, 6.07) is 0. The van der Waals surface area contributed by atoms with Crippen LogP contribution in [0.15, 0.2) is 0 Å². The highest BCUT2D eigenvalue weighted by molar-refractivity contribution is 6.99. The van der Waals surface area contributed by atoms with Crippen molar-refractivity contribution in [1.29, 1.82) is 0 Å². The summed E-state index contributed by atoms with van der Waals surface area (Å²) in [6.07, 6.45) is 2.48. The van der Waals surface area contributed by atoms with Crippen molar-refractivity contribution < 1.29 is 4.74 Å². The molecule has 0 radical (unpaired) electrons. The maximum Gasteiger partial charge on any atom is 0.270 e. The van der Waals surface area contributed by atoms with Gasteiger partial charge >= 0.3 is 0 Å². The molecule has 1 aromatic rings. The monoisotopic (exact) mass is 227 g/mol. The van der Waals surface area contributed by atoms with Gasteiger partial charge in [0.15, 0.2) is 0 Å². The molecule has 1 saturated heterocycles. The zero-order chi connectivity index (χ0) is 10.7. The molecule has 0 saturated carbocycles. The van der Waals surface area contributed by atoms with Gasteiger partial charge in [-0.05, 0) is 25.7 Å². The van der Waals surface area contributed by atoms with Crippen LogP contribution < -0.4 is 9.64 Å². The summed E-state index contributed by atoms with van der Waals surface area (Å²) in [5.74, 6) is 2.48. The summed E-state index contributed by atoms with van der Waals surface area (Å²) in [6.45, 7) is 7.09. The average Bonchev–Trinajstić information content (AvgIpc) is 2.68. The molecular formula is C10H17N3OS. The second-order valence-corrected chi connectivity index (χ2v) is 4.52. The first kappa shape index (κ1) is 10.7. The summed E-state index contributed by atoms with van der Waals surface area (Å²) in [5.41, 5.74) is 0. The predicted molar refractivity (Wildman–Crippen MR) is 61.7 cm³/mol. The van der Waals surface area contributed by atoms with E-state index in [0.29, 0.717) is 12.5 Å². The van der Waals surface area contributed by atoms with Crippen molar-refractivity contribution in [2.24, 2.45) is 5.92 Å². The minimum atomic E-state index is 0.655. The summed E-state index contributed by atoms with van der Waals surface area (Å²) < 4.78 is 13.9. The number of hydrogen-bond donors (Lipinski definition) is 0. The molecule has 0 amide bonds. The first-order valence-corrected chi connectivity index (χ1v) is 6.24. The molecule has 4 nitrogen and oxygen atoms in total. The third-order valence-electron chi connectivity index (χ3n) is 2.81. The van der Waals surface area contributed by atoms with Crippen LogP contribution in [0.1, 0.15) is 26.7 Å². The molecule has 0 aliphatic carbocycles. The molecule has 0 spiro atoms. The number of rotatable bonds is 3. The topological polar surface area (TPSA) is 38.3 Å². The first-order valence-electron chi connectivity index (χ1n) is 5.51. The third kappa shape index (κ3) is 2.40. The SMILES string of the molecule is CCOc1nsnc1N1CCC(C)CC1. The second-order valence-electron chi connectivity index (χ2n) is 4.00. The largest absolute Gasteiger partial charge is 0.475 e. The van der Waals surface area contributed by atoms with Gasteiger partial charge in [-0.15, -0.1) is 4.37 Å². The highest BCUT2D eigenvalue weighted by Crippen LogP contribution is 2.29. The molecule has 0 atom stereocenters. The lowest BCUT2D eigenvalue weighted by Gasteiger charge is -2.30. The predicted octanol–water partition coefficient (Wildman–Crippen LogP) is 2.17. The fraction of sp³-hybridized carbons (Fsp3) is 0.800. The zero-order valence-electron chi connectivity index (χ0n) is 9.27. The lowest BCUT2D eigenvalue weighted by Crippen LogP contribution is -2.33. The Hall–Kier alpha value is -0.840. The van der Waals surface area contributed by atoms with E-state index in [1.807, 2.05) is 6.92 Å². The molecule has 1 aliphatic heterocycles. The Morgan fingerprint density at radius 3 is 2.80 bits per heavy atom. The van der Waals surface area contributed by atoms with E-state index < -0.39 is 0 Å². The van der Waals surface area contributed by atoms with E-state index in [0.717, 1.165) is 24.8 Å². The molecule has 15 heavy (non-hydrogen) atoms. The first-order chi connectivity index (χ1) is 7.31. The summed E-state index contributed by atoms with van der Waals surface area (Å²) in [7, 11) is 0. The fourth-order valence-corrected chi connectivity index (χ4v) is 2.34. The maximum absolute atomic E-state index is 5.45. The van der Waals surface area contributed by atoms with Gasteiger partial charge in [0, 0.05) is 13.1 Å². The van der Waals surface area contributed by atoms with Crippen molar-refractivity contribution in [2.75, 3.05) is 24.6 Å². The van der Waals surface area contributed by atoms with E-state index in [1.165, 1.54) is 24.6 Å². The molecule has 0 aromatic carbocycles. The van der Waals surface area contributed by atoms with E-state index in [9.17, 15) is 0 Å². The van der Waals surface area contributed by atoms with Gasteiger partial charge in [0.05, 0.1) is 18.3 Å². The van der Waals surface area contributed by atoms with E-state index in [2.05, 4.69) is 20.6 Å². The second kappa shape index (κ2) is 4.79. The van der Waals surface area contributed by atoms with Crippen LogP contribution in [0, 0.1) is 5.92 Å². The smallest absolute Gasteiger partial charge is 0.270 e. The van der Waals surface area contributed by atoms with E-state index in [4.69, 9.17) is 4.74 Å². The van der Waals surface area contributed by atoms with Gasteiger partial charge in [0.2, 0.25) is 5.82 Å². The standard InChI is InChI=1S/C10H17N3OS/c1-3-14-10-9(11-15-12-10)13-6-4-8(2)5-7-13/h8H,3-7H2,1-2H3. The lowest BCUT2D eigenvalue weighted by molar-refractivity contribution is 0.328. The highest BCUT2D eigenvalue weighted by atomic mass is 32.1. The molecule has 1 aromatic heterocycles. The number of nitrogens with zero attached hydrogens (tertiary/aromatic N) is 3. The van der Waals surface area contributed by atoms with Gasteiger partial charge in [-0.25, -0.2) is 0 Å². The fourth-order valence-electron chi connectivity index (χ4n) is 1.82. The lowest BCUT2D eigenvalue weighted by atomic mass is 9.99. The Morgan fingerprint density at radius 2 is 2.13 bits per heavy atom. The summed E-state index contributed by atoms with van der Waals surface area (Å²) in [4.78, 5) is 2.29. The molecule has 1 aliphatic rings. The van der Waals surface area contributed by atoms with Crippen LogP contribution in [0.4, 0.5) is 5.82 Å². The number of anilines is 1. The number of hydrogen-bond acceptors (Lipinski definition) is 5. The molecule has 5 heteroatoms. The number of piperidine rings is 1. The molecule has 0 bridgehead atoms. The Kier molecular flexibility index (Phi) is 3.41. The van der Waals surface area contributed by atoms with Crippen molar-refractivity contribution in [2.45, 2.75) is 26.7 Å². The van der Waals surface area contributed by atoms with Gasteiger partial charge in [0.1, 0.15) is 0 Å². The van der Waals surface area contributed by atoms with E-state index >= 15 is 0 Å². The zero-order valence-corrected chi connectivity index (χ0v) is 10.1. The molecule has 0 N–H and O–H groups in total. The molecule has 1 fully saturated rings. The molecule has 84 valence electrons. The molecule has 2 rings (SSSR count). The van der Waals surface area contributed by atoms with Crippen LogP contribution in [-0.4, -0.2) is 28.4 Å². The van der Waals surface area contributed by atoms with Gasteiger partial charge in [0.25, 0.3) is 5.88 Å². The highest BCUT2D eigenvalue weighted by Gasteiger charge is 2.21. The van der Waals surface area contributed by atoms with Crippen LogP contribution in [0.3, 0.4) is 0 Å². The van der Waals surface area contributed by atoms with Crippen molar-refractivity contribution in [3.63, 3.8) is 0 Å². The number of ether oxygens (including phenoxy) is 1. The van der Waals surface area contributed by atoms with Crippen LogP contribution in [0.2, 0.25) is 0 Å². The number of aromatic nitrogens is 2. The van der Waals surface area contributed by atoms with E-state index in [1.54, 1.807) is 0 Å². The van der Waals surface area contributed by atoms with Gasteiger partial charge < -0.3 is 9.64 Å². The van der Waals surface area contributed by atoms with Crippen LogP contribution in [-0.2, 0) is 0 Å². The van der Waals surface area contributed by atoms with E-state index in [-0.39, 0.29) is 0 Å². The Labute approximate surface area is 94.6 Å². The van der Waals surface area contributed by atoms with Crippen molar-refractivity contribution in [3.05, 3.63) is 0 Å². The van der Waals surface area contributed by atoms with Gasteiger partial charge in [-0.1, -0.05) is 6.92 Å². The molecule has 2 heterocycles. The van der Waals surface area contributed by atoms with Gasteiger partial charge in [-0.3, -0.25) is 0 Å². The van der Waals surface area contributed by atoms with Gasteiger partial charge in [-0.2, -0.15) is 4.37 Å². The summed E-state index contributed by atoms with van der Waals surface area (Å²) in [5, 5.41) is 0. The minimum absolute atomic E-state index is 0.655. The third-order valence-corrected chi connectivity index (χ3v) is 3.31. The van der Waals surface area contributed by atoms with Crippen molar-refractivity contribution in [1.82, 2.24) is 8.75 Å². The normalized spacial score (nSPS) is 18.1.